The molecule has 1 aromatic carbocycles. The second-order valence-corrected chi connectivity index (χ2v) is 7.14. The van der Waals surface area contributed by atoms with E-state index in [0.717, 1.165) is 12.5 Å². The van der Waals surface area contributed by atoms with Crippen molar-refractivity contribution < 1.29 is 0 Å². The van der Waals surface area contributed by atoms with Crippen LogP contribution >= 0.6 is 0 Å². The minimum Gasteiger partial charge on any atom is -0.383 e. The van der Waals surface area contributed by atoms with Crippen LogP contribution in [-0.2, 0) is 6.42 Å². The minimum atomic E-state index is 0.428. The number of hydrogen-bond acceptors (Lipinski definition) is 2. The highest BCUT2D eigenvalue weighted by Gasteiger charge is 2.32. The SMILES string of the molecule is CC(C)(C)C1CCN(c2cccc3c2NCCC3)C1. The van der Waals surface area contributed by atoms with E-state index in [4.69, 9.17) is 0 Å². The van der Waals surface area contributed by atoms with E-state index in [9.17, 15) is 0 Å². The van der Waals surface area contributed by atoms with Crippen LogP contribution < -0.4 is 10.2 Å². The lowest BCUT2D eigenvalue weighted by molar-refractivity contribution is 0.263. The number of fused-ring (bicyclic) bond motifs is 1. The molecule has 0 bridgehead atoms. The van der Waals surface area contributed by atoms with Gasteiger partial charge in [0.2, 0.25) is 0 Å². The van der Waals surface area contributed by atoms with E-state index in [-0.39, 0.29) is 0 Å². The van der Waals surface area contributed by atoms with Crippen LogP contribution in [0.5, 0.6) is 0 Å². The van der Waals surface area contributed by atoms with Crippen LogP contribution in [-0.4, -0.2) is 19.6 Å². The average molecular weight is 258 g/mol. The smallest absolute Gasteiger partial charge is 0.0610 e. The second kappa shape index (κ2) is 4.73. The first-order valence-electron chi connectivity index (χ1n) is 7.66. The van der Waals surface area contributed by atoms with Gasteiger partial charge >= 0.3 is 0 Å². The minimum absolute atomic E-state index is 0.428. The molecule has 1 N–H and O–H groups in total. The maximum Gasteiger partial charge on any atom is 0.0610 e. The lowest BCUT2D eigenvalue weighted by atomic mass is 9.80. The Morgan fingerprint density at radius 2 is 2.11 bits per heavy atom. The Labute approximate surface area is 117 Å². The molecular formula is C17H26N2. The average Bonchev–Trinajstić information content (AvgIpc) is 2.87. The molecule has 19 heavy (non-hydrogen) atoms. The zero-order valence-corrected chi connectivity index (χ0v) is 12.5. The highest BCUT2D eigenvalue weighted by atomic mass is 15.2. The zero-order chi connectivity index (χ0) is 13.5. The van der Waals surface area contributed by atoms with Crippen molar-refractivity contribution in [1.29, 1.82) is 0 Å². The molecule has 1 fully saturated rings. The predicted molar refractivity (Wildman–Crippen MR) is 83.0 cm³/mol. The molecule has 2 aliphatic rings. The van der Waals surface area contributed by atoms with Crippen molar-refractivity contribution in [2.75, 3.05) is 29.9 Å². The molecule has 2 aliphatic heterocycles. The lowest BCUT2D eigenvalue weighted by Crippen LogP contribution is -2.27. The van der Waals surface area contributed by atoms with E-state index in [1.54, 1.807) is 0 Å². The van der Waals surface area contributed by atoms with Gasteiger partial charge in [0.15, 0.2) is 0 Å². The number of nitrogens with zero attached hydrogens (tertiary/aromatic N) is 1. The van der Waals surface area contributed by atoms with Crippen molar-refractivity contribution in [2.45, 2.75) is 40.0 Å². The summed E-state index contributed by atoms with van der Waals surface area (Å²) in [5, 5.41) is 3.62. The van der Waals surface area contributed by atoms with E-state index in [0.29, 0.717) is 5.41 Å². The van der Waals surface area contributed by atoms with Crippen LogP contribution in [0.15, 0.2) is 18.2 Å². The molecule has 1 saturated heterocycles. The Bertz CT molecular complexity index is 459. The maximum atomic E-state index is 3.62. The fourth-order valence-electron chi connectivity index (χ4n) is 3.44. The Kier molecular flexibility index (Phi) is 3.20. The summed E-state index contributed by atoms with van der Waals surface area (Å²) in [6.07, 6.45) is 3.82. The molecule has 1 aromatic rings. The van der Waals surface area contributed by atoms with Gasteiger partial charge in [-0.15, -0.1) is 0 Å². The normalized spacial score (nSPS) is 23.1. The van der Waals surface area contributed by atoms with Gasteiger partial charge in [-0.2, -0.15) is 0 Å². The molecule has 1 unspecified atom stereocenters. The van der Waals surface area contributed by atoms with Crippen molar-refractivity contribution in [3.63, 3.8) is 0 Å². The quantitative estimate of drug-likeness (QED) is 0.821. The maximum absolute atomic E-state index is 3.62. The van der Waals surface area contributed by atoms with Gasteiger partial charge in [-0.1, -0.05) is 32.9 Å². The molecule has 0 amide bonds. The first kappa shape index (κ1) is 12.8. The number of hydrogen-bond donors (Lipinski definition) is 1. The number of nitrogens with one attached hydrogen (secondary N) is 1. The Morgan fingerprint density at radius 1 is 1.26 bits per heavy atom. The second-order valence-electron chi connectivity index (χ2n) is 7.14. The molecule has 0 saturated carbocycles. The highest BCUT2D eigenvalue weighted by molar-refractivity contribution is 5.74. The van der Waals surface area contributed by atoms with Gasteiger partial charge in [0.25, 0.3) is 0 Å². The monoisotopic (exact) mass is 258 g/mol. The molecule has 0 spiro atoms. The summed E-state index contributed by atoms with van der Waals surface area (Å²) in [5.41, 5.74) is 4.77. The summed E-state index contributed by atoms with van der Waals surface area (Å²) in [6.45, 7) is 10.7. The van der Waals surface area contributed by atoms with Gasteiger partial charge in [-0.05, 0) is 42.2 Å². The van der Waals surface area contributed by atoms with Crippen molar-refractivity contribution in [1.82, 2.24) is 0 Å². The van der Waals surface area contributed by atoms with E-state index in [1.165, 1.54) is 49.3 Å². The third-order valence-electron chi connectivity index (χ3n) is 4.81. The molecular weight excluding hydrogens is 232 g/mol. The number of aryl methyl sites for hydroxylation is 1. The van der Waals surface area contributed by atoms with E-state index in [1.807, 2.05) is 0 Å². The van der Waals surface area contributed by atoms with Gasteiger partial charge in [0, 0.05) is 19.6 Å². The molecule has 104 valence electrons. The Morgan fingerprint density at radius 3 is 2.84 bits per heavy atom. The predicted octanol–water partition coefficient (Wildman–Crippen LogP) is 3.92. The summed E-state index contributed by atoms with van der Waals surface area (Å²) >= 11 is 0. The van der Waals surface area contributed by atoms with Gasteiger partial charge < -0.3 is 10.2 Å². The number of benzene rings is 1. The van der Waals surface area contributed by atoms with Gasteiger partial charge in [-0.25, -0.2) is 0 Å². The van der Waals surface area contributed by atoms with Crippen molar-refractivity contribution in [3.8, 4) is 0 Å². The number of anilines is 2. The summed E-state index contributed by atoms with van der Waals surface area (Å²) in [7, 11) is 0. The molecule has 3 rings (SSSR count). The van der Waals surface area contributed by atoms with E-state index < -0.39 is 0 Å². The van der Waals surface area contributed by atoms with Crippen LogP contribution in [0.4, 0.5) is 11.4 Å². The van der Waals surface area contributed by atoms with Crippen molar-refractivity contribution in [3.05, 3.63) is 23.8 Å². The van der Waals surface area contributed by atoms with Crippen LogP contribution in [0.2, 0.25) is 0 Å². The molecule has 2 heterocycles. The largest absolute Gasteiger partial charge is 0.383 e. The summed E-state index contributed by atoms with van der Waals surface area (Å²) in [5.74, 6) is 0.812. The van der Waals surface area contributed by atoms with Crippen molar-refractivity contribution in [2.24, 2.45) is 11.3 Å². The third kappa shape index (κ3) is 2.45. The van der Waals surface area contributed by atoms with Gasteiger partial charge in [0.1, 0.15) is 0 Å². The van der Waals surface area contributed by atoms with Crippen molar-refractivity contribution >= 4 is 11.4 Å². The van der Waals surface area contributed by atoms with Crippen LogP contribution in [0.3, 0.4) is 0 Å². The topological polar surface area (TPSA) is 15.3 Å². The molecule has 0 radical (unpaired) electrons. The highest BCUT2D eigenvalue weighted by Crippen LogP contribution is 2.39. The lowest BCUT2D eigenvalue weighted by Gasteiger charge is -2.30. The first-order valence-corrected chi connectivity index (χ1v) is 7.66. The summed E-state index contributed by atoms with van der Waals surface area (Å²) < 4.78 is 0. The molecule has 0 aliphatic carbocycles. The number of para-hydroxylation sites is 1. The van der Waals surface area contributed by atoms with Gasteiger partial charge in [0.05, 0.1) is 11.4 Å². The third-order valence-corrected chi connectivity index (χ3v) is 4.81. The van der Waals surface area contributed by atoms with E-state index in [2.05, 4.69) is 49.2 Å². The first-order chi connectivity index (χ1) is 9.05. The zero-order valence-electron chi connectivity index (χ0n) is 12.5. The molecule has 0 aromatic heterocycles. The molecule has 2 heteroatoms. The standard InChI is InChI=1S/C17H26N2/c1-17(2,3)14-9-11-19(12-14)15-8-4-6-13-7-5-10-18-16(13)15/h4,6,8,14,18H,5,7,9-12H2,1-3H3. The van der Waals surface area contributed by atoms with E-state index >= 15 is 0 Å². The number of rotatable bonds is 1. The summed E-state index contributed by atoms with van der Waals surface area (Å²) in [6, 6.07) is 6.80. The fourth-order valence-corrected chi connectivity index (χ4v) is 3.44. The van der Waals surface area contributed by atoms with Crippen LogP contribution in [0.1, 0.15) is 39.2 Å². The molecule has 1 atom stereocenters. The van der Waals surface area contributed by atoms with Gasteiger partial charge in [-0.3, -0.25) is 0 Å². The van der Waals surface area contributed by atoms with Crippen LogP contribution in [0, 0.1) is 11.3 Å². The van der Waals surface area contributed by atoms with Crippen LogP contribution in [0.25, 0.3) is 0 Å². The Balaban J connectivity index is 1.84. The Hall–Kier alpha value is -1.18. The summed E-state index contributed by atoms with van der Waals surface area (Å²) in [4.78, 5) is 2.59. The molecule has 2 nitrogen and oxygen atoms in total. The fraction of sp³-hybridized carbons (Fsp3) is 0.647.